The molecular weight excluding hydrogens is 340 g/mol. The van der Waals surface area contributed by atoms with E-state index in [2.05, 4.69) is 10.2 Å². The summed E-state index contributed by atoms with van der Waals surface area (Å²) >= 11 is 0. The lowest BCUT2D eigenvalue weighted by Crippen LogP contribution is -2.42. The van der Waals surface area contributed by atoms with Crippen LogP contribution < -0.4 is 15.0 Å². The van der Waals surface area contributed by atoms with Gasteiger partial charge < -0.3 is 19.4 Å². The molecule has 0 aliphatic carbocycles. The smallest absolute Gasteiger partial charge is 0.226 e. The van der Waals surface area contributed by atoms with Gasteiger partial charge in [0.05, 0.1) is 24.9 Å². The number of aromatic nitrogens is 2. The van der Waals surface area contributed by atoms with E-state index in [0.717, 1.165) is 72.3 Å². The Morgan fingerprint density at radius 1 is 1.15 bits per heavy atom. The SMILES string of the molecule is COc1ccc2nc(N3CCC(NCc4ccc(C)o4)CC3)nc(C)c2c1. The molecule has 1 N–H and O–H groups in total. The number of fused-ring (bicyclic) bond motifs is 1. The highest BCUT2D eigenvalue weighted by Gasteiger charge is 2.21. The van der Waals surface area contributed by atoms with Gasteiger partial charge in [-0.15, -0.1) is 0 Å². The monoisotopic (exact) mass is 366 g/mol. The summed E-state index contributed by atoms with van der Waals surface area (Å²) in [5.74, 6) is 3.62. The van der Waals surface area contributed by atoms with Crippen LogP contribution in [0, 0.1) is 13.8 Å². The zero-order valence-electron chi connectivity index (χ0n) is 16.2. The summed E-state index contributed by atoms with van der Waals surface area (Å²) in [7, 11) is 1.68. The van der Waals surface area contributed by atoms with Crippen LogP contribution in [0.15, 0.2) is 34.7 Å². The van der Waals surface area contributed by atoms with Crippen LogP contribution in [0.2, 0.25) is 0 Å². The molecular formula is C21H26N4O2. The van der Waals surface area contributed by atoms with Crippen molar-refractivity contribution in [3.8, 4) is 5.75 Å². The van der Waals surface area contributed by atoms with E-state index in [-0.39, 0.29) is 0 Å². The quantitative estimate of drug-likeness (QED) is 0.744. The Bertz CT molecular complexity index is 929. The van der Waals surface area contributed by atoms with Gasteiger partial charge in [-0.3, -0.25) is 0 Å². The molecule has 0 atom stereocenters. The molecule has 27 heavy (non-hydrogen) atoms. The molecule has 1 saturated heterocycles. The van der Waals surface area contributed by atoms with Gasteiger partial charge in [-0.25, -0.2) is 9.97 Å². The molecule has 0 saturated carbocycles. The second-order valence-corrected chi connectivity index (χ2v) is 7.15. The van der Waals surface area contributed by atoms with Gasteiger partial charge in [0.2, 0.25) is 5.95 Å². The Balaban J connectivity index is 1.40. The predicted octanol–water partition coefficient (Wildman–Crippen LogP) is 3.61. The second-order valence-electron chi connectivity index (χ2n) is 7.15. The number of furan rings is 1. The highest BCUT2D eigenvalue weighted by molar-refractivity contribution is 5.83. The first-order valence-corrected chi connectivity index (χ1v) is 9.48. The van der Waals surface area contributed by atoms with Crippen molar-refractivity contribution < 1.29 is 9.15 Å². The van der Waals surface area contributed by atoms with Crippen molar-refractivity contribution in [2.75, 3.05) is 25.1 Å². The van der Waals surface area contributed by atoms with Gasteiger partial charge >= 0.3 is 0 Å². The summed E-state index contributed by atoms with van der Waals surface area (Å²) in [4.78, 5) is 11.8. The fourth-order valence-electron chi connectivity index (χ4n) is 3.62. The lowest BCUT2D eigenvalue weighted by molar-refractivity contribution is 0.383. The van der Waals surface area contributed by atoms with E-state index in [1.165, 1.54) is 0 Å². The van der Waals surface area contributed by atoms with E-state index in [1.807, 2.05) is 44.2 Å². The summed E-state index contributed by atoms with van der Waals surface area (Å²) in [6.45, 7) is 6.70. The number of hydrogen-bond donors (Lipinski definition) is 1. The zero-order valence-corrected chi connectivity index (χ0v) is 16.2. The number of nitrogens with one attached hydrogen (secondary N) is 1. The molecule has 0 bridgehead atoms. The highest BCUT2D eigenvalue weighted by atomic mass is 16.5. The summed E-state index contributed by atoms with van der Waals surface area (Å²) in [5, 5.41) is 4.65. The van der Waals surface area contributed by atoms with Gasteiger partial charge in [-0.05, 0) is 57.0 Å². The molecule has 0 unspecified atom stereocenters. The van der Waals surface area contributed by atoms with Crippen molar-refractivity contribution in [3.05, 3.63) is 47.5 Å². The van der Waals surface area contributed by atoms with E-state index in [4.69, 9.17) is 19.1 Å². The molecule has 0 amide bonds. The first-order valence-electron chi connectivity index (χ1n) is 9.48. The maximum absolute atomic E-state index is 5.63. The van der Waals surface area contributed by atoms with E-state index in [0.29, 0.717) is 6.04 Å². The third kappa shape index (κ3) is 3.90. The third-order valence-corrected chi connectivity index (χ3v) is 5.22. The molecule has 6 nitrogen and oxygen atoms in total. The van der Waals surface area contributed by atoms with E-state index >= 15 is 0 Å². The zero-order chi connectivity index (χ0) is 18.8. The molecule has 3 aromatic rings. The maximum atomic E-state index is 5.63. The van der Waals surface area contributed by atoms with Gasteiger partial charge in [0.25, 0.3) is 0 Å². The minimum Gasteiger partial charge on any atom is -0.497 e. The largest absolute Gasteiger partial charge is 0.497 e. The van der Waals surface area contributed by atoms with Gasteiger partial charge in [-0.2, -0.15) is 0 Å². The van der Waals surface area contributed by atoms with E-state index in [1.54, 1.807) is 7.11 Å². The Kier molecular flexibility index (Phi) is 4.99. The lowest BCUT2D eigenvalue weighted by Gasteiger charge is -2.32. The van der Waals surface area contributed by atoms with Crippen molar-refractivity contribution in [1.29, 1.82) is 0 Å². The number of ether oxygens (including phenoxy) is 1. The predicted molar refractivity (Wildman–Crippen MR) is 106 cm³/mol. The molecule has 3 heterocycles. The summed E-state index contributed by atoms with van der Waals surface area (Å²) in [6, 6.07) is 10.5. The molecule has 4 rings (SSSR count). The van der Waals surface area contributed by atoms with Gasteiger partial charge in [0.1, 0.15) is 17.3 Å². The number of piperidine rings is 1. The van der Waals surface area contributed by atoms with Gasteiger partial charge in [0, 0.05) is 24.5 Å². The molecule has 1 fully saturated rings. The minimum absolute atomic E-state index is 0.498. The molecule has 142 valence electrons. The maximum Gasteiger partial charge on any atom is 0.226 e. The topological polar surface area (TPSA) is 63.4 Å². The molecule has 1 aromatic carbocycles. The van der Waals surface area contributed by atoms with Crippen molar-refractivity contribution in [3.63, 3.8) is 0 Å². The van der Waals surface area contributed by atoms with Crippen LogP contribution in [0.25, 0.3) is 10.9 Å². The first-order chi connectivity index (χ1) is 13.1. The number of methoxy groups -OCH3 is 1. The number of rotatable bonds is 5. The first kappa shape index (κ1) is 17.8. The van der Waals surface area contributed by atoms with Crippen LogP contribution in [0.3, 0.4) is 0 Å². The van der Waals surface area contributed by atoms with E-state index < -0.39 is 0 Å². The van der Waals surface area contributed by atoms with Gasteiger partial charge in [0.15, 0.2) is 0 Å². The Morgan fingerprint density at radius 3 is 2.67 bits per heavy atom. The van der Waals surface area contributed by atoms with Crippen LogP contribution in [-0.4, -0.2) is 36.2 Å². The second kappa shape index (κ2) is 7.56. The third-order valence-electron chi connectivity index (χ3n) is 5.22. The normalized spacial score (nSPS) is 15.4. The van der Waals surface area contributed by atoms with E-state index in [9.17, 15) is 0 Å². The lowest BCUT2D eigenvalue weighted by atomic mass is 10.1. The Morgan fingerprint density at radius 2 is 1.96 bits per heavy atom. The van der Waals surface area contributed by atoms with Crippen LogP contribution in [0.1, 0.15) is 30.1 Å². The Labute approximate surface area is 159 Å². The number of hydrogen-bond acceptors (Lipinski definition) is 6. The number of benzene rings is 1. The summed E-state index contributed by atoms with van der Waals surface area (Å²) < 4.78 is 10.9. The van der Waals surface area contributed by atoms with Crippen LogP contribution in [0.5, 0.6) is 5.75 Å². The van der Waals surface area contributed by atoms with Gasteiger partial charge in [-0.1, -0.05) is 0 Å². The summed E-state index contributed by atoms with van der Waals surface area (Å²) in [6.07, 6.45) is 2.14. The van der Waals surface area contributed by atoms with Crippen molar-refractivity contribution >= 4 is 16.9 Å². The highest BCUT2D eigenvalue weighted by Crippen LogP contribution is 2.25. The van der Waals surface area contributed by atoms with Crippen molar-refractivity contribution in [2.24, 2.45) is 0 Å². The standard InChI is InChI=1S/C21H26N4O2/c1-14-4-5-18(27-14)13-22-16-8-10-25(11-9-16)21-23-15(2)19-12-17(26-3)6-7-20(19)24-21/h4-7,12,16,22H,8-11,13H2,1-3H3. The average Bonchev–Trinajstić information content (AvgIpc) is 3.11. The minimum atomic E-state index is 0.498. The molecule has 0 spiro atoms. The average molecular weight is 366 g/mol. The number of nitrogens with zero attached hydrogens (tertiary/aromatic N) is 3. The molecule has 6 heteroatoms. The fourth-order valence-corrected chi connectivity index (χ4v) is 3.62. The molecule has 1 aliphatic heterocycles. The Hall–Kier alpha value is -2.60. The van der Waals surface area contributed by atoms with Crippen molar-refractivity contribution in [1.82, 2.24) is 15.3 Å². The van der Waals surface area contributed by atoms with Crippen LogP contribution in [-0.2, 0) is 6.54 Å². The molecule has 2 aromatic heterocycles. The molecule has 0 radical (unpaired) electrons. The molecule has 1 aliphatic rings. The number of aryl methyl sites for hydroxylation is 2. The fraction of sp³-hybridized carbons (Fsp3) is 0.429. The summed E-state index contributed by atoms with van der Waals surface area (Å²) in [5.41, 5.74) is 1.95. The van der Waals surface area contributed by atoms with Crippen molar-refractivity contribution in [2.45, 2.75) is 39.3 Å². The van der Waals surface area contributed by atoms with Crippen LogP contribution >= 0.6 is 0 Å². The van der Waals surface area contributed by atoms with Crippen LogP contribution in [0.4, 0.5) is 5.95 Å². The number of anilines is 1.